The normalized spacial score (nSPS) is 26.5. The predicted octanol–water partition coefficient (Wildman–Crippen LogP) is 1.28. The summed E-state index contributed by atoms with van der Waals surface area (Å²) in [7, 11) is 0. The lowest BCUT2D eigenvalue weighted by atomic mass is 10.0. The predicted molar refractivity (Wildman–Crippen MR) is 67.8 cm³/mol. The van der Waals surface area contributed by atoms with Crippen LogP contribution in [0.4, 0.5) is 17.6 Å². The Morgan fingerprint density at radius 1 is 1.32 bits per heavy atom. The molecule has 22 heavy (non-hydrogen) atoms. The van der Waals surface area contributed by atoms with Crippen molar-refractivity contribution in [2.24, 2.45) is 0 Å². The van der Waals surface area contributed by atoms with Gasteiger partial charge in [-0.2, -0.15) is 13.2 Å². The molecule has 4 atom stereocenters. The number of carbonyl (C=O) groups excluding carboxylic acids is 2. The van der Waals surface area contributed by atoms with Gasteiger partial charge in [0.1, 0.15) is 6.04 Å². The van der Waals surface area contributed by atoms with Crippen molar-refractivity contribution < 1.29 is 37.1 Å². The molecule has 2 amide bonds. The Bertz CT molecular complexity index is 444. The third kappa shape index (κ3) is 5.32. The van der Waals surface area contributed by atoms with Crippen molar-refractivity contribution in [3.63, 3.8) is 0 Å². The molecular weight excluding hydrogens is 336 g/mol. The molecule has 0 aromatic carbocycles. The third-order valence-electron chi connectivity index (χ3n) is 3.01. The fraction of sp³-hybridized carbons (Fsp3) is 0.727. The summed E-state index contributed by atoms with van der Waals surface area (Å²) in [6, 6.07) is -1.14. The van der Waals surface area contributed by atoms with Gasteiger partial charge in [-0.1, -0.05) is 11.6 Å². The molecule has 0 bridgehead atoms. The van der Waals surface area contributed by atoms with E-state index >= 15 is 0 Å². The van der Waals surface area contributed by atoms with Crippen molar-refractivity contribution in [1.82, 2.24) is 10.2 Å². The number of amides is 2. The van der Waals surface area contributed by atoms with Gasteiger partial charge in [-0.25, -0.2) is 9.18 Å². The highest BCUT2D eigenvalue weighted by Crippen LogP contribution is 2.18. The Hall–Kier alpha value is -1.58. The van der Waals surface area contributed by atoms with Gasteiger partial charge in [0.2, 0.25) is 5.91 Å². The fourth-order valence-corrected chi connectivity index (χ4v) is 1.80. The van der Waals surface area contributed by atoms with E-state index in [-0.39, 0.29) is 18.0 Å². The molecular formula is C11H15ClF4N2O4. The Balaban J connectivity index is 0.000000534. The summed E-state index contributed by atoms with van der Waals surface area (Å²) in [6.07, 6.45) is -5.08. The number of carboxylic acid groups (broad SMARTS) is 1. The number of hydrogen-bond acceptors (Lipinski definition) is 3. The first kappa shape index (κ1) is 20.4. The molecule has 6 nitrogen and oxygen atoms in total. The fourth-order valence-electron chi connectivity index (χ4n) is 1.69. The second kappa shape index (κ2) is 7.61. The Morgan fingerprint density at radius 3 is 2.05 bits per heavy atom. The summed E-state index contributed by atoms with van der Waals surface area (Å²) < 4.78 is 44.5. The van der Waals surface area contributed by atoms with Gasteiger partial charge < -0.3 is 15.3 Å². The molecule has 1 rings (SSSR count). The first-order valence-electron chi connectivity index (χ1n) is 6.01. The van der Waals surface area contributed by atoms with Gasteiger partial charge in [-0.15, -0.1) is 0 Å². The van der Waals surface area contributed by atoms with Crippen molar-refractivity contribution in [2.75, 3.05) is 0 Å². The molecule has 0 spiro atoms. The van der Waals surface area contributed by atoms with E-state index in [1.165, 1.54) is 4.90 Å². The van der Waals surface area contributed by atoms with Crippen molar-refractivity contribution in [3.8, 4) is 0 Å². The quantitative estimate of drug-likeness (QED) is 0.551. The van der Waals surface area contributed by atoms with Crippen LogP contribution in [0.5, 0.6) is 0 Å². The molecule has 1 saturated heterocycles. The average molecular weight is 351 g/mol. The number of carbonyl (C=O) groups is 3. The second-order valence-corrected chi connectivity index (χ2v) is 4.95. The molecule has 0 aromatic rings. The van der Waals surface area contributed by atoms with Crippen LogP contribution in [0.3, 0.4) is 0 Å². The number of piperazine rings is 1. The Morgan fingerprint density at radius 2 is 1.73 bits per heavy atom. The van der Waals surface area contributed by atoms with Crippen molar-refractivity contribution in [2.45, 2.75) is 50.7 Å². The lowest BCUT2D eigenvalue weighted by Crippen LogP contribution is -2.65. The molecule has 11 heteroatoms. The van der Waals surface area contributed by atoms with Crippen LogP contribution in [0.2, 0.25) is 0 Å². The molecule has 0 radical (unpaired) electrons. The van der Waals surface area contributed by atoms with Gasteiger partial charge in [0.15, 0.2) is 0 Å². The van der Waals surface area contributed by atoms with Gasteiger partial charge in [0, 0.05) is 12.1 Å². The molecule has 4 unspecified atom stereocenters. The maximum atomic E-state index is 12.7. The summed E-state index contributed by atoms with van der Waals surface area (Å²) in [4.78, 5) is 33.0. The lowest BCUT2D eigenvalue weighted by molar-refractivity contribution is -0.192. The standard InChI is InChI=1S/C9H14ClFN2O2.C2HF3O2/c1-4-5(2)13(9(15)7(10)11)6(3)8(14)12-4;3-2(4,5)1(6)7/h4-7H,1-3H3,(H,12,14);(H,6,7). The number of halogens is 5. The highest BCUT2D eigenvalue weighted by atomic mass is 35.5. The number of alkyl halides is 5. The van der Waals surface area contributed by atoms with Crippen LogP contribution in [-0.2, 0) is 14.4 Å². The highest BCUT2D eigenvalue weighted by Gasteiger charge is 2.40. The minimum absolute atomic E-state index is 0.201. The third-order valence-corrected chi connectivity index (χ3v) is 3.20. The van der Waals surface area contributed by atoms with Gasteiger partial charge in [0.05, 0.1) is 0 Å². The molecule has 0 saturated carbocycles. The molecule has 2 N–H and O–H groups in total. The number of aliphatic carboxylic acids is 1. The van der Waals surface area contributed by atoms with E-state index in [1.807, 2.05) is 0 Å². The summed E-state index contributed by atoms with van der Waals surface area (Å²) in [5.74, 6) is -3.89. The first-order chi connectivity index (χ1) is 9.80. The van der Waals surface area contributed by atoms with E-state index in [1.54, 1.807) is 20.8 Å². The van der Waals surface area contributed by atoms with Crippen molar-refractivity contribution >= 4 is 29.4 Å². The van der Waals surface area contributed by atoms with Gasteiger partial charge in [-0.05, 0) is 20.8 Å². The number of nitrogens with zero attached hydrogens (tertiary/aromatic N) is 1. The maximum absolute atomic E-state index is 12.7. The Labute approximate surface area is 128 Å². The number of rotatable bonds is 1. The van der Waals surface area contributed by atoms with Crippen LogP contribution >= 0.6 is 11.6 Å². The van der Waals surface area contributed by atoms with Crippen LogP contribution in [0.25, 0.3) is 0 Å². The molecule has 0 aliphatic carbocycles. The smallest absolute Gasteiger partial charge is 0.475 e. The zero-order chi connectivity index (χ0) is 17.8. The van der Waals surface area contributed by atoms with Crippen LogP contribution in [0, 0.1) is 0 Å². The number of hydrogen-bond donors (Lipinski definition) is 2. The molecule has 1 aliphatic heterocycles. The van der Waals surface area contributed by atoms with E-state index in [9.17, 15) is 27.2 Å². The summed E-state index contributed by atoms with van der Waals surface area (Å²) in [6.45, 7) is 5.06. The van der Waals surface area contributed by atoms with Crippen molar-refractivity contribution in [3.05, 3.63) is 0 Å². The van der Waals surface area contributed by atoms with Gasteiger partial charge in [-0.3, -0.25) is 9.59 Å². The zero-order valence-electron chi connectivity index (χ0n) is 11.8. The van der Waals surface area contributed by atoms with Crippen LogP contribution in [0.15, 0.2) is 0 Å². The maximum Gasteiger partial charge on any atom is 0.490 e. The topological polar surface area (TPSA) is 86.7 Å². The number of carboxylic acids is 1. The van der Waals surface area contributed by atoms with E-state index in [4.69, 9.17) is 21.5 Å². The first-order valence-corrected chi connectivity index (χ1v) is 6.45. The van der Waals surface area contributed by atoms with E-state index in [0.29, 0.717) is 0 Å². The molecule has 1 fully saturated rings. The summed E-state index contributed by atoms with van der Waals surface area (Å²) in [5, 5.41) is 9.83. The molecule has 1 heterocycles. The minimum atomic E-state index is -5.08. The SMILES string of the molecule is CC1NC(=O)C(C)N(C(=O)C(F)Cl)C1C.O=C(O)C(F)(F)F. The summed E-state index contributed by atoms with van der Waals surface area (Å²) >= 11 is 5.10. The van der Waals surface area contributed by atoms with Gasteiger partial charge >= 0.3 is 12.1 Å². The van der Waals surface area contributed by atoms with Crippen LogP contribution in [0.1, 0.15) is 20.8 Å². The largest absolute Gasteiger partial charge is 0.490 e. The van der Waals surface area contributed by atoms with Crippen LogP contribution < -0.4 is 5.32 Å². The molecule has 128 valence electrons. The molecule has 1 aliphatic rings. The van der Waals surface area contributed by atoms with Crippen molar-refractivity contribution in [1.29, 1.82) is 0 Å². The van der Waals surface area contributed by atoms with E-state index in [2.05, 4.69) is 5.32 Å². The lowest BCUT2D eigenvalue weighted by Gasteiger charge is -2.42. The highest BCUT2D eigenvalue weighted by molar-refractivity contribution is 6.29. The Kier molecular flexibility index (Phi) is 7.07. The zero-order valence-corrected chi connectivity index (χ0v) is 12.6. The number of nitrogens with one attached hydrogen (secondary N) is 1. The monoisotopic (exact) mass is 350 g/mol. The minimum Gasteiger partial charge on any atom is -0.475 e. The average Bonchev–Trinajstić information content (AvgIpc) is 2.36. The molecule has 0 aromatic heterocycles. The summed E-state index contributed by atoms with van der Waals surface area (Å²) in [5.41, 5.74) is -2.09. The van der Waals surface area contributed by atoms with E-state index in [0.717, 1.165) is 0 Å². The van der Waals surface area contributed by atoms with Gasteiger partial charge in [0.25, 0.3) is 11.5 Å². The second-order valence-electron chi connectivity index (χ2n) is 4.56. The van der Waals surface area contributed by atoms with Crippen LogP contribution in [-0.4, -0.2) is 57.7 Å². The van der Waals surface area contributed by atoms with E-state index < -0.39 is 29.7 Å².